The van der Waals surface area contributed by atoms with Gasteiger partial charge in [0.15, 0.2) is 11.5 Å². The average molecular weight is 256 g/mol. The molecule has 0 aliphatic heterocycles. The molecule has 18 heavy (non-hydrogen) atoms. The highest BCUT2D eigenvalue weighted by molar-refractivity contribution is 5.96. The summed E-state index contributed by atoms with van der Waals surface area (Å²) in [6.07, 6.45) is 0.261. The van der Waals surface area contributed by atoms with E-state index in [4.69, 9.17) is 14.4 Å². The van der Waals surface area contributed by atoms with Crippen LogP contribution in [0.2, 0.25) is 0 Å². The summed E-state index contributed by atoms with van der Waals surface area (Å²) in [5, 5.41) is 15.0. The summed E-state index contributed by atoms with van der Waals surface area (Å²) in [4.78, 5) is 22.9. The maximum Gasteiger partial charge on any atom is 0.329 e. The van der Waals surface area contributed by atoms with Crippen molar-refractivity contribution in [3.05, 3.63) is 17.5 Å². The van der Waals surface area contributed by atoms with Crippen molar-refractivity contribution in [2.45, 2.75) is 32.4 Å². The van der Waals surface area contributed by atoms with E-state index in [9.17, 15) is 9.59 Å². The smallest absolute Gasteiger partial charge is 0.329 e. The molecule has 0 saturated heterocycles. The second-order valence-corrected chi connectivity index (χ2v) is 4.06. The standard InChI is InChI=1S/C11H16N2O5/c1-4-11(2,10(15)16)12-9(14)8-5-7(6-17-3)18-13-8/h5H,4,6H2,1-3H3,(H,12,14)(H,15,16). The van der Waals surface area contributed by atoms with Gasteiger partial charge < -0.3 is 19.7 Å². The molecule has 2 N–H and O–H groups in total. The summed E-state index contributed by atoms with van der Waals surface area (Å²) in [7, 11) is 1.49. The van der Waals surface area contributed by atoms with Crippen LogP contribution in [-0.2, 0) is 16.1 Å². The molecule has 1 amide bonds. The lowest BCUT2D eigenvalue weighted by molar-refractivity contribution is -0.143. The highest BCUT2D eigenvalue weighted by Crippen LogP contribution is 2.12. The normalized spacial score (nSPS) is 13.9. The van der Waals surface area contributed by atoms with Crippen LogP contribution in [0.5, 0.6) is 0 Å². The minimum Gasteiger partial charge on any atom is -0.480 e. The van der Waals surface area contributed by atoms with E-state index in [1.165, 1.54) is 20.1 Å². The number of carbonyl (C=O) groups is 2. The van der Waals surface area contributed by atoms with E-state index in [0.29, 0.717) is 5.76 Å². The zero-order chi connectivity index (χ0) is 13.8. The van der Waals surface area contributed by atoms with Gasteiger partial charge in [-0.25, -0.2) is 4.79 Å². The molecular formula is C11H16N2O5. The first-order chi connectivity index (χ1) is 8.42. The first-order valence-corrected chi connectivity index (χ1v) is 5.43. The molecule has 0 fully saturated rings. The lowest BCUT2D eigenvalue weighted by Gasteiger charge is -2.23. The van der Waals surface area contributed by atoms with Crippen LogP contribution in [0.15, 0.2) is 10.6 Å². The molecule has 0 radical (unpaired) electrons. The molecular weight excluding hydrogens is 240 g/mol. The third kappa shape index (κ3) is 3.07. The van der Waals surface area contributed by atoms with Gasteiger partial charge in [0.2, 0.25) is 0 Å². The molecule has 1 rings (SSSR count). The Morgan fingerprint density at radius 3 is 2.78 bits per heavy atom. The van der Waals surface area contributed by atoms with E-state index >= 15 is 0 Å². The minimum absolute atomic E-state index is 0.0305. The first-order valence-electron chi connectivity index (χ1n) is 5.43. The quantitative estimate of drug-likeness (QED) is 0.780. The lowest BCUT2D eigenvalue weighted by Crippen LogP contribution is -2.51. The number of hydrogen-bond acceptors (Lipinski definition) is 5. The number of ether oxygens (including phenoxy) is 1. The number of aliphatic carboxylic acids is 1. The maximum absolute atomic E-state index is 11.8. The number of rotatable bonds is 6. The molecule has 0 spiro atoms. The number of aromatic nitrogens is 1. The molecule has 1 aromatic heterocycles. The number of methoxy groups -OCH3 is 1. The van der Waals surface area contributed by atoms with Crippen molar-refractivity contribution < 1.29 is 24.0 Å². The van der Waals surface area contributed by atoms with Crippen molar-refractivity contribution in [3.8, 4) is 0 Å². The largest absolute Gasteiger partial charge is 0.480 e. The summed E-state index contributed by atoms with van der Waals surface area (Å²) >= 11 is 0. The molecule has 1 aromatic rings. The van der Waals surface area contributed by atoms with E-state index in [0.717, 1.165) is 0 Å². The van der Waals surface area contributed by atoms with Crippen molar-refractivity contribution in [2.75, 3.05) is 7.11 Å². The number of nitrogens with zero attached hydrogens (tertiary/aromatic N) is 1. The van der Waals surface area contributed by atoms with Crippen LogP contribution in [0.1, 0.15) is 36.5 Å². The minimum atomic E-state index is -1.32. The van der Waals surface area contributed by atoms with Gasteiger partial charge in [-0.3, -0.25) is 4.79 Å². The third-order valence-corrected chi connectivity index (χ3v) is 2.65. The predicted octanol–water partition coefficient (Wildman–Crippen LogP) is 0.804. The molecule has 100 valence electrons. The molecule has 0 aromatic carbocycles. The molecule has 0 aliphatic carbocycles. The van der Waals surface area contributed by atoms with Crippen molar-refractivity contribution in [1.29, 1.82) is 0 Å². The van der Waals surface area contributed by atoms with Crippen LogP contribution in [0.3, 0.4) is 0 Å². The molecule has 0 bridgehead atoms. The summed E-state index contributed by atoms with van der Waals surface area (Å²) in [5.41, 5.74) is -1.29. The fourth-order valence-electron chi connectivity index (χ4n) is 1.24. The number of amides is 1. The van der Waals surface area contributed by atoms with E-state index in [2.05, 4.69) is 10.5 Å². The summed E-state index contributed by atoms with van der Waals surface area (Å²) in [6, 6.07) is 1.41. The van der Waals surface area contributed by atoms with E-state index in [-0.39, 0.29) is 18.7 Å². The third-order valence-electron chi connectivity index (χ3n) is 2.65. The van der Waals surface area contributed by atoms with Gasteiger partial charge in [-0.05, 0) is 13.3 Å². The Kier molecular flexibility index (Phi) is 4.43. The maximum atomic E-state index is 11.8. The monoisotopic (exact) mass is 256 g/mol. The SMILES string of the molecule is CCC(C)(NC(=O)c1cc(COC)on1)C(=O)O. The number of hydrogen-bond donors (Lipinski definition) is 2. The summed E-state index contributed by atoms with van der Waals surface area (Å²) < 4.78 is 9.67. The molecule has 1 atom stereocenters. The van der Waals surface area contributed by atoms with Crippen LogP contribution in [0, 0.1) is 0 Å². The Balaban J connectivity index is 2.78. The lowest BCUT2D eigenvalue weighted by atomic mass is 9.99. The Labute approximate surface area is 104 Å². The number of carbonyl (C=O) groups excluding carboxylic acids is 1. The van der Waals surface area contributed by atoms with Crippen LogP contribution >= 0.6 is 0 Å². The molecule has 0 saturated carbocycles. The predicted molar refractivity (Wildman–Crippen MR) is 61.0 cm³/mol. The fourth-order valence-corrected chi connectivity index (χ4v) is 1.24. The van der Waals surface area contributed by atoms with Crippen LogP contribution in [-0.4, -0.2) is 34.8 Å². The van der Waals surface area contributed by atoms with Gasteiger partial charge >= 0.3 is 5.97 Å². The average Bonchev–Trinajstić information content (AvgIpc) is 2.77. The Bertz CT molecular complexity index is 442. The second kappa shape index (κ2) is 5.63. The van der Waals surface area contributed by atoms with Crippen LogP contribution < -0.4 is 5.32 Å². The van der Waals surface area contributed by atoms with Gasteiger partial charge in [-0.2, -0.15) is 0 Å². The van der Waals surface area contributed by atoms with Gasteiger partial charge in [0.25, 0.3) is 5.91 Å². The highest BCUT2D eigenvalue weighted by Gasteiger charge is 2.33. The Morgan fingerprint density at radius 1 is 1.61 bits per heavy atom. The fraction of sp³-hybridized carbons (Fsp3) is 0.545. The van der Waals surface area contributed by atoms with Crippen molar-refractivity contribution in [2.24, 2.45) is 0 Å². The molecule has 7 heteroatoms. The second-order valence-electron chi connectivity index (χ2n) is 4.06. The van der Waals surface area contributed by atoms with E-state index in [1.807, 2.05) is 0 Å². The Hall–Kier alpha value is -1.89. The van der Waals surface area contributed by atoms with Gasteiger partial charge in [0.05, 0.1) is 0 Å². The van der Waals surface area contributed by atoms with Crippen molar-refractivity contribution >= 4 is 11.9 Å². The topological polar surface area (TPSA) is 102 Å². The zero-order valence-electron chi connectivity index (χ0n) is 10.5. The van der Waals surface area contributed by atoms with Gasteiger partial charge in [0.1, 0.15) is 12.1 Å². The number of nitrogens with one attached hydrogen (secondary N) is 1. The molecule has 1 heterocycles. The van der Waals surface area contributed by atoms with Crippen molar-refractivity contribution in [3.63, 3.8) is 0 Å². The van der Waals surface area contributed by atoms with E-state index in [1.54, 1.807) is 6.92 Å². The number of carboxylic acid groups (broad SMARTS) is 1. The van der Waals surface area contributed by atoms with Crippen molar-refractivity contribution in [1.82, 2.24) is 10.5 Å². The zero-order valence-corrected chi connectivity index (χ0v) is 10.5. The van der Waals surface area contributed by atoms with Crippen LogP contribution in [0.4, 0.5) is 0 Å². The van der Waals surface area contributed by atoms with Crippen LogP contribution in [0.25, 0.3) is 0 Å². The number of carboxylic acids is 1. The summed E-state index contributed by atoms with van der Waals surface area (Å²) in [6.45, 7) is 3.31. The molecule has 7 nitrogen and oxygen atoms in total. The Morgan fingerprint density at radius 2 is 2.28 bits per heavy atom. The highest BCUT2D eigenvalue weighted by atomic mass is 16.5. The summed E-state index contributed by atoms with van der Waals surface area (Å²) in [5.74, 6) is -1.29. The van der Waals surface area contributed by atoms with E-state index < -0.39 is 17.4 Å². The first kappa shape index (κ1) is 14.2. The molecule has 1 unspecified atom stereocenters. The van der Waals surface area contributed by atoms with Gasteiger partial charge in [-0.15, -0.1) is 0 Å². The van der Waals surface area contributed by atoms with Gasteiger partial charge in [0, 0.05) is 13.2 Å². The molecule has 0 aliphatic rings. The van der Waals surface area contributed by atoms with Gasteiger partial charge in [-0.1, -0.05) is 12.1 Å².